The van der Waals surface area contributed by atoms with Gasteiger partial charge in [-0.25, -0.2) is 17.5 Å². The number of benzene rings is 2. The molecular formula is C25H32N4O8S. The molecule has 0 radical (unpaired) electrons. The SMILES string of the molecule is C[C@@H]1CN([C@@H](C)CO)C(=O)c2cc(NC(=O)Nc3ccc4c(c3)OCO4)ccc2O[C@H]1CN(C)S(C)(=O)=O. The van der Waals surface area contributed by atoms with E-state index in [1.54, 1.807) is 37.3 Å². The Bertz CT molecular complexity index is 1320. The number of ether oxygens (including phenoxy) is 3. The first-order chi connectivity index (χ1) is 18.0. The Balaban J connectivity index is 1.58. The zero-order chi connectivity index (χ0) is 27.6. The van der Waals surface area contributed by atoms with Gasteiger partial charge in [-0.05, 0) is 37.3 Å². The summed E-state index contributed by atoms with van der Waals surface area (Å²) < 4.78 is 42.0. The number of hydrogen-bond donors (Lipinski definition) is 3. The fraction of sp³-hybridized carbons (Fsp3) is 0.440. The first kappa shape index (κ1) is 27.5. The summed E-state index contributed by atoms with van der Waals surface area (Å²) >= 11 is 0. The van der Waals surface area contributed by atoms with Crippen LogP contribution < -0.4 is 24.8 Å². The average molecular weight is 549 g/mol. The molecule has 38 heavy (non-hydrogen) atoms. The predicted molar refractivity (Wildman–Crippen MR) is 140 cm³/mol. The van der Waals surface area contributed by atoms with Crippen LogP contribution in [-0.2, 0) is 10.0 Å². The molecule has 3 atom stereocenters. The van der Waals surface area contributed by atoms with E-state index >= 15 is 0 Å². The van der Waals surface area contributed by atoms with Crippen molar-refractivity contribution in [2.45, 2.75) is 26.0 Å². The number of amides is 3. The molecule has 13 heteroatoms. The van der Waals surface area contributed by atoms with E-state index in [4.69, 9.17) is 14.2 Å². The average Bonchev–Trinajstić information content (AvgIpc) is 3.33. The van der Waals surface area contributed by atoms with Crippen LogP contribution in [0.3, 0.4) is 0 Å². The van der Waals surface area contributed by atoms with E-state index in [-0.39, 0.29) is 49.6 Å². The van der Waals surface area contributed by atoms with E-state index in [0.717, 1.165) is 6.26 Å². The highest BCUT2D eigenvalue weighted by atomic mass is 32.2. The highest BCUT2D eigenvalue weighted by Crippen LogP contribution is 2.34. The van der Waals surface area contributed by atoms with Crippen LogP contribution in [0.15, 0.2) is 36.4 Å². The Labute approximate surface area is 221 Å². The van der Waals surface area contributed by atoms with Gasteiger partial charge in [-0.3, -0.25) is 4.79 Å². The number of carbonyl (C=O) groups excluding carboxylic acids is 2. The van der Waals surface area contributed by atoms with Crippen LogP contribution in [0.5, 0.6) is 17.2 Å². The molecule has 2 aliphatic heterocycles. The molecule has 2 aromatic rings. The highest BCUT2D eigenvalue weighted by molar-refractivity contribution is 7.88. The van der Waals surface area contributed by atoms with Gasteiger partial charge >= 0.3 is 6.03 Å². The second kappa shape index (κ2) is 11.1. The van der Waals surface area contributed by atoms with Gasteiger partial charge in [0.25, 0.3) is 5.91 Å². The molecule has 0 saturated carbocycles. The molecule has 206 valence electrons. The second-order valence-electron chi connectivity index (χ2n) is 9.52. The summed E-state index contributed by atoms with van der Waals surface area (Å²) in [6, 6.07) is 8.64. The Morgan fingerprint density at radius 3 is 2.42 bits per heavy atom. The van der Waals surface area contributed by atoms with E-state index in [1.807, 2.05) is 6.92 Å². The van der Waals surface area contributed by atoms with E-state index in [9.17, 15) is 23.1 Å². The summed E-state index contributed by atoms with van der Waals surface area (Å²) in [7, 11) is -1.99. The van der Waals surface area contributed by atoms with Crippen LogP contribution in [0.1, 0.15) is 24.2 Å². The van der Waals surface area contributed by atoms with Crippen molar-refractivity contribution in [3.05, 3.63) is 42.0 Å². The minimum atomic E-state index is -3.46. The number of fused-ring (bicyclic) bond motifs is 2. The van der Waals surface area contributed by atoms with Crippen molar-refractivity contribution in [3.63, 3.8) is 0 Å². The van der Waals surface area contributed by atoms with E-state index in [2.05, 4.69) is 10.6 Å². The number of urea groups is 1. The number of aliphatic hydroxyl groups excluding tert-OH is 1. The molecule has 4 rings (SSSR count). The molecule has 2 aliphatic rings. The topological polar surface area (TPSA) is 147 Å². The molecular weight excluding hydrogens is 516 g/mol. The molecule has 3 amide bonds. The molecule has 0 aliphatic carbocycles. The molecule has 2 aromatic carbocycles. The highest BCUT2D eigenvalue weighted by Gasteiger charge is 2.34. The summed E-state index contributed by atoms with van der Waals surface area (Å²) in [5.41, 5.74) is 1.02. The molecule has 0 unspecified atom stereocenters. The molecule has 0 spiro atoms. The van der Waals surface area contributed by atoms with E-state index < -0.39 is 28.2 Å². The third-order valence-electron chi connectivity index (χ3n) is 6.56. The standard InChI is InChI=1S/C25H32N4O8S/c1-15-11-29(16(2)13-30)24(31)19-9-17(5-7-20(19)37-23(15)12-28(3)38(4,33)34)26-25(32)27-18-6-8-21-22(10-18)36-14-35-21/h5-10,15-16,23,30H,11-14H2,1-4H3,(H2,26,27,32)/t15-,16+,23+/m1/s1. The lowest BCUT2D eigenvalue weighted by molar-refractivity contribution is 0.0387. The third-order valence-corrected chi connectivity index (χ3v) is 7.84. The van der Waals surface area contributed by atoms with E-state index in [0.29, 0.717) is 22.9 Å². The number of nitrogens with one attached hydrogen (secondary N) is 2. The molecule has 0 bridgehead atoms. The Hall–Kier alpha value is -3.55. The van der Waals surface area contributed by atoms with Gasteiger partial charge in [-0.15, -0.1) is 0 Å². The van der Waals surface area contributed by atoms with Crippen LogP contribution in [-0.4, -0.2) is 86.6 Å². The van der Waals surface area contributed by atoms with Crippen molar-refractivity contribution in [1.29, 1.82) is 0 Å². The quantitative estimate of drug-likeness (QED) is 0.477. The van der Waals surface area contributed by atoms with Crippen molar-refractivity contribution in [2.75, 3.05) is 50.4 Å². The smallest absolute Gasteiger partial charge is 0.323 e. The molecule has 12 nitrogen and oxygen atoms in total. The van der Waals surface area contributed by atoms with Crippen LogP contribution in [0.4, 0.5) is 16.2 Å². The van der Waals surface area contributed by atoms with Crippen LogP contribution in [0, 0.1) is 5.92 Å². The number of hydrogen-bond acceptors (Lipinski definition) is 8. The lowest BCUT2D eigenvalue weighted by Crippen LogP contribution is -2.50. The first-order valence-electron chi connectivity index (χ1n) is 12.1. The Morgan fingerprint density at radius 1 is 1.13 bits per heavy atom. The summed E-state index contributed by atoms with van der Waals surface area (Å²) in [4.78, 5) is 27.7. The summed E-state index contributed by atoms with van der Waals surface area (Å²) in [6.07, 6.45) is 0.549. The number of carbonyl (C=O) groups is 2. The van der Waals surface area contributed by atoms with Crippen LogP contribution >= 0.6 is 0 Å². The lowest BCUT2D eigenvalue weighted by atomic mass is 9.99. The van der Waals surface area contributed by atoms with Crippen molar-refractivity contribution in [1.82, 2.24) is 9.21 Å². The molecule has 0 aromatic heterocycles. The van der Waals surface area contributed by atoms with Crippen LogP contribution in [0.25, 0.3) is 0 Å². The Morgan fingerprint density at radius 2 is 1.76 bits per heavy atom. The minimum Gasteiger partial charge on any atom is -0.488 e. The zero-order valence-corrected chi connectivity index (χ0v) is 22.4. The summed E-state index contributed by atoms with van der Waals surface area (Å²) in [5, 5.41) is 15.2. The first-order valence-corrected chi connectivity index (χ1v) is 13.9. The normalized spacial score (nSPS) is 19.7. The van der Waals surface area contributed by atoms with Crippen molar-refractivity contribution < 1.29 is 37.3 Å². The number of rotatable bonds is 7. The van der Waals surface area contributed by atoms with Crippen LogP contribution in [0.2, 0.25) is 0 Å². The van der Waals surface area contributed by atoms with Gasteiger partial charge in [0.1, 0.15) is 11.9 Å². The number of nitrogens with zero attached hydrogens (tertiary/aromatic N) is 2. The van der Waals surface area contributed by atoms with Crippen molar-refractivity contribution in [3.8, 4) is 17.2 Å². The summed E-state index contributed by atoms with van der Waals surface area (Å²) in [5.74, 6) is 0.757. The fourth-order valence-electron chi connectivity index (χ4n) is 4.17. The number of aliphatic hydroxyl groups is 1. The third kappa shape index (κ3) is 6.11. The number of anilines is 2. The molecule has 3 N–H and O–H groups in total. The fourth-order valence-corrected chi connectivity index (χ4v) is 4.59. The Kier molecular flexibility index (Phi) is 7.99. The predicted octanol–water partition coefficient (Wildman–Crippen LogP) is 2.17. The number of sulfonamides is 1. The van der Waals surface area contributed by atoms with Gasteiger partial charge < -0.3 is 34.9 Å². The lowest BCUT2D eigenvalue weighted by Gasteiger charge is -2.38. The van der Waals surface area contributed by atoms with Crippen molar-refractivity contribution >= 4 is 33.3 Å². The van der Waals surface area contributed by atoms with E-state index in [1.165, 1.54) is 22.3 Å². The van der Waals surface area contributed by atoms with Gasteiger partial charge in [0.15, 0.2) is 11.5 Å². The molecule has 2 heterocycles. The molecule has 0 fully saturated rings. The maximum absolute atomic E-state index is 13.5. The maximum Gasteiger partial charge on any atom is 0.323 e. The largest absolute Gasteiger partial charge is 0.488 e. The van der Waals surface area contributed by atoms with Crippen molar-refractivity contribution in [2.24, 2.45) is 5.92 Å². The second-order valence-corrected chi connectivity index (χ2v) is 11.6. The van der Waals surface area contributed by atoms with Gasteiger partial charge in [-0.1, -0.05) is 6.92 Å². The monoisotopic (exact) mass is 548 g/mol. The maximum atomic E-state index is 13.5. The van der Waals surface area contributed by atoms with Gasteiger partial charge in [0.2, 0.25) is 16.8 Å². The van der Waals surface area contributed by atoms with Gasteiger partial charge in [-0.2, -0.15) is 0 Å². The van der Waals surface area contributed by atoms with Gasteiger partial charge in [0, 0.05) is 37.0 Å². The van der Waals surface area contributed by atoms with Gasteiger partial charge in [0.05, 0.1) is 31.0 Å². The number of likely N-dealkylation sites (N-methyl/N-ethyl adjacent to an activating group) is 1. The minimum absolute atomic E-state index is 0.0763. The summed E-state index contributed by atoms with van der Waals surface area (Å²) in [6.45, 7) is 3.78. The zero-order valence-electron chi connectivity index (χ0n) is 21.6. The molecule has 0 saturated heterocycles.